The minimum Gasteiger partial charge on any atom is -0.457 e. The first-order chi connectivity index (χ1) is 20.3. The Labute approximate surface area is 270 Å². The smallest absolute Gasteiger partial charge is 0.303 e. The number of carbonyl (C=O) groups excluding carboxylic acids is 1. The zero-order valence-corrected chi connectivity index (χ0v) is 31.4. The highest BCUT2D eigenvalue weighted by atomic mass is 32.2. The molecule has 1 fully saturated rings. The zero-order valence-electron chi connectivity index (χ0n) is 27.8. The molecule has 1 aliphatic rings. The third-order valence-electron chi connectivity index (χ3n) is 7.98. The first kappa shape index (κ1) is 36.9. The lowest BCUT2D eigenvalue weighted by molar-refractivity contribution is -0.252. The van der Waals surface area contributed by atoms with Gasteiger partial charge in [-0.05, 0) is 55.4 Å². The maximum absolute atomic E-state index is 13.2. The molecule has 1 heterocycles. The van der Waals surface area contributed by atoms with Crippen LogP contribution in [0.5, 0.6) is 0 Å². The van der Waals surface area contributed by atoms with E-state index in [1.807, 2.05) is 37.3 Å². The van der Waals surface area contributed by atoms with E-state index in [9.17, 15) is 13.2 Å². The van der Waals surface area contributed by atoms with Crippen LogP contribution in [0.3, 0.4) is 0 Å². The number of ether oxygens (including phenoxy) is 3. The fourth-order valence-corrected chi connectivity index (χ4v) is 8.61. The molecule has 0 aromatic heterocycles. The normalized spacial score (nSPS) is 23.4. The van der Waals surface area contributed by atoms with Gasteiger partial charge in [-0.1, -0.05) is 76.3 Å². The number of thioether (sulfide) groups is 1. The molecule has 3 rings (SSSR count). The Morgan fingerprint density at radius 2 is 1.57 bits per heavy atom. The van der Waals surface area contributed by atoms with Crippen molar-refractivity contribution in [2.75, 3.05) is 13.2 Å². The van der Waals surface area contributed by atoms with Crippen LogP contribution in [0.4, 0.5) is 0 Å². The number of rotatable bonds is 13. The van der Waals surface area contributed by atoms with Crippen LogP contribution in [0.25, 0.3) is 0 Å². The van der Waals surface area contributed by atoms with E-state index in [4.69, 9.17) is 22.8 Å². The lowest BCUT2D eigenvalue weighted by Gasteiger charge is -2.49. The highest BCUT2D eigenvalue weighted by molar-refractivity contribution is 8.00. The van der Waals surface area contributed by atoms with Crippen LogP contribution in [0.2, 0.25) is 43.8 Å². The Morgan fingerprint density at radius 3 is 2.11 bits per heavy atom. The van der Waals surface area contributed by atoms with E-state index >= 15 is 0 Å². The SMILES string of the molecule is CC(=O)O[C@H]1[C@H](O[Si](C)(C)C(C)(C)C)[C@@H](Sc2ccccc2)[C@H](OCC[Si](C)(C)C)O[C@@H]1COS(=O)(=O)c1ccc(C)cc1. The summed E-state index contributed by atoms with van der Waals surface area (Å²) in [7, 11) is -8.00. The van der Waals surface area contributed by atoms with Crippen molar-refractivity contribution < 1.29 is 36.0 Å². The molecule has 12 heteroatoms. The Morgan fingerprint density at radius 1 is 0.955 bits per heavy atom. The van der Waals surface area contributed by atoms with Gasteiger partial charge in [-0.15, -0.1) is 11.8 Å². The van der Waals surface area contributed by atoms with Gasteiger partial charge in [-0.25, -0.2) is 0 Å². The lowest BCUT2D eigenvalue weighted by atomic mass is 10.0. The van der Waals surface area contributed by atoms with Gasteiger partial charge in [-0.2, -0.15) is 8.42 Å². The van der Waals surface area contributed by atoms with Crippen LogP contribution in [-0.2, 0) is 37.7 Å². The van der Waals surface area contributed by atoms with Crippen LogP contribution in [0.1, 0.15) is 33.3 Å². The first-order valence-electron chi connectivity index (χ1n) is 15.1. The molecule has 8 nitrogen and oxygen atoms in total. The van der Waals surface area contributed by atoms with Crippen molar-refractivity contribution in [2.24, 2.45) is 0 Å². The summed E-state index contributed by atoms with van der Waals surface area (Å²) < 4.78 is 57.9. The van der Waals surface area contributed by atoms with Crippen LogP contribution >= 0.6 is 11.8 Å². The second-order valence-corrected chi connectivity index (χ2v) is 27.3. The van der Waals surface area contributed by atoms with Gasteiger partial charge in [0, 0.05) is 26.5 Å². The predicted octanol–water partition coefficient (Wildman–Crippen LogP) is 7.26. The molecule has 0 amide bonds. The van der Waals surface area contributed by atoms with Crippen LogP contribution in [-0.4, -0.2) is 73.8 Å². The summed E-state index contributed by atoms with van der Waals surface area (Å²) in [6.07, 6.45) is -3.33. The van der Waals surface area contributed by atoms with Crippen molar-refractivity contribution in [1.29, 1.82) is 0 Å². The number of aryl methyl sites for hydroxylation is 1. The topological polar surface area (TPSA) is 97.4 Å². The maximum Gasteiger partial charge on any atom is 0.303 e. The Bertz CT molecular complexity index is 1320. The molecule has 0 unspecified atom stereocenters. The van der Waals surface area contributed by atoms with E-state index < -0.39 is 62.3 Å². The summed E-state index contributed by atoms with van der Waals surface area (Å²) in [5.74, 6) is -0.518. The standard InChI is InChI=1S/C32H50O8S2Si2/c1-23-16-18-26(19-17-23)42(34,35)37-22-27-28(38-24(2)33)29(40-44(9,10)32(3,4)5)30(41-25-14-12-11-13-15-25)31(39-27)36-20-21-43(6,7)8/h11-19,27-31H,20-22H2,1-10H3/t27-,28-,29+,30-,31-/m1/s1. The van der Waals surface area contributed by atoms with E-state index in [2.05, 4.69) is 53.5 Å². The number of carbonyl (C=O) groups is 1. The largest absolute Gasteiger partial charge is 0.457 e. The molecule has 1 saturated heterocycles. The Kier molecular flexibility index (Phi) is 12.5. The van der Waals surface area contributed by atoms with Gasteiger partial charge in [0.05, 0.1) is 16.8 Å². The predicted molar refractivity (Wildman–Crippen MR) is 181 cm³/mol. The quantitative estimate of drug-likeness (QED) is 0.123. The lowest BCUT2D eigenvalue weighted by Crippen LogP contribution is -2.63. The second-order valence-electron chi connectivity index (χ2n) is 14.1. The molecule has 0 saturated carbocycles. The second kappa shape index (κ2) is 14.9. The molecule has 2 aromatic rings. The highest BCUT2D eigenvalue weighted by Crippen LogP contribution is 2.44. The fraction of sp³-hybridized carbons (Fsp3) is 0.594. The van der Waals surface area contributed by atoms with Crippen molar-refractivity contribution in [3.05, 3.63) is 60.2 Å². The molecule has 246 valence electrons. The fourth-order valence-electron chi connectivity index (χ4n) is 4.32. The minimum absolute atomic E-state index is 0.0393. The summed E-state index contributed by atoms with van der Waals surface area (Å²) in [4.78, 5) is 13.6. The molecule has 5 atom stereocenters. The maximum atomic E-state index is 13.2. The van der Waals surface area contributed by atoms with E-state index in [1.165, 1.54) is 19.1 Å². The molecule has 2 aromatic carbocycles. The molecular formula is C32H50O8S2Si2. The number of benzene rings is 2. The summed E-state index contributed by atoms with van der Waals surface area (Å²) >= 11 is 1.55. The van der Waals surface area contributed by atoms with Gasteiger partial charge in [-0.3, -0.25) is 8.98 Å². The van der Waals surface area contributed by atoms with Crippen LogP contribution in [0.15, 0.2) is 64.4 Å². The third kappa shape index (κ3) is 10.5. The highest BCUT2D eigenvalue weighted by Gasteiger charge is 2.53. The zero-order chi connectivity index (χ0) is 32.9. The van der Waals surface area contributed by atoms with Gasteiger partial charge < -0.3 is 18.6 Å². The average molecular weight is 683 g/mol. The molecule has 44 heavy (non-hydrogen) atoms. The summed E-state index contributed by atoms with van der Waals surface area (Å²) in [6.45, 7) is 20.9. The molecular weight excluding hydrogens is 633 g/mol. The van der Waals surface area contributed by atoms with Crippen molar-refractivity contribution in [2.45, 2.75) is 118 Å². The average Bonchev–Trinajstić information content (AvgIpc) is 2.90. The first-order valence-corrected chi connectivity index (χ1v) is 24.0. The molecule has 0 N–H and O–H groups in total. The minimum atomic E-state index is -4.11. The molecule has 0 bridgehead atoms. The van der Waals surface area contributed by atoms with Crippen LogP contribution < -0.4 is 0 Å². The molecule has 0 aliphatic carbocycles. The van der Waals surface area contributed by atoms with Crippen LogP contribution in [0, 0.1) is 6.92 Å². The molecule has 1 aliphatic heterocycles. The molecule has 0 radical (unpaired) electrons. The molecule has 0 spiro atoms. The van der Waals surface area contributed by atoms with E-state index in [0.717, 1.165) is 16.5 Å². The summed E-state index contributed by atoms with van der Waals surface area (Å²) in [6, 6.07) is 17.3. The van der Waals surface area contributed by atoms with Gasteiger partial charge >= 0.3 is 5.97 Å². The van der Waals surface area contributed by atoms with Gasteiger partial charge in [0.2, 0.25) is 0 Å². The Balaban J connectivity index is 2.05. The van der Waals surface area contributed by atoms with E-state index in [-0.39, 0.29) is 16.5 Å². The third-order valence-corrected chi connectivity index (χ3v) is 16.8. The number of hydrogen-bond donors (Lipinski definition) is 0. The van der Waals surface area contributed by atoms with Gasteiger partial charge in [0.15, 0.2) is 20.7 Å². The van der Waals surface area contributed by atoms with Crippen molar-refractivity contribution in [1.82, 2.24) is 0 Å². The summed E-state index contributed by atoms with van der Waals surface area (Å²) in [5.41, 5.74) is 0.931. The number of esters is 1. The van der Waals surface area contributed by atoms with Crippen molar-refractivity contribution >= 4 is 44.2 Å². The van der Waals surface area contributed by atoms with E-state index in [0.29, 0.717) is 6.61 Å². The Hall–Kier alpha value is -1.52. The van der Waals surface area contributed by atoms with Gasteiger partial charge in [0.25, 0.3) is 10.1 Å². The van der Waals surface area contributed by atoms with E-state index in [1.54, 1.807) is 23.9 Å². The monoisotopic (exact) mass is 682 g/mol. The van der Waals surface area contributed by atoms with Gasteiger partial charge in [0.1, 0.15) is 12.2 Å². The summed E-state index contributed by atoms with van der Waals surface area (Å²) in [5, 5.41) is -0.564. The van der Waals surface area contributed by atoms with Crippen molar-refractivity contribution in [3.8, 4) is 0 Å². The van der Waals surface area contributed by atoms with Crippen molar-refractivity contribution in [3.63, 3.8) is 0 Å². The number of hydrogen-bond acceptors (Lipinski definition) is 9.